The van der Waals surface area contributed by atoms with Crippen LogP contribution in [0.15, 0.2) is 18.2 Å². The summed E-state index contributed by atoms with van der Waals surface area (Å²) in [7, 11) is 1.60. The molecule has 1 aromatic carbocycles. The minimum absolute atomic E-state index is 0.253. The van der Waals surface area contributed by atoms with Gasteiger partial charge in [-0.1, -0.05) is 20.3 Å². The Morgan fingerprint density at radius 1 is 1.50 bits per heavy atom. The van der Waals surface area contributed by atoms with Crippen LogP contribution in [0.1, 0.15) is 26.7 Å². The molecule has 2 unspecified atom stereocenters. The summed E-state index contributed by atoms with van der Waals surface area (Å²) in [5, 5.41) is 3.62. The lowest BCUT2D eigenvalue weighted by Gasteiger charge is -2.30. The summed E-state index contributed by atoms with van der Waals surface area (Å²) in [6.45, 7) is 7.46. The number of ether oxygens (including phenoxy) is 1. The van der Waals surface area contributed by atoms with E-state index >= 15 is 0 Å². The standard InChI is InChI=1S/C16H25FN2O/c1-4-12(2)14-11-19(9-5-8-18-14)15-7-6-13(17)10-16(15)20-3/h6-7,10,12,14,18H,4-5,8-9,11H2,1-3H3. The Kier molecular flexibility index (Phi) is 5.24. The lowest BCUT2D eigenvalue weighted by atomic mass is 9.99. The molecule has 0 saturated carbocycles. The second-order valence-electron chi connectivity index (χ2n) is 5.56. The van der Waals surface area contributed by atoms with Gasteiger partial charge in [-0.3, -0.25) is 0 Å². The molecule has 3 nitrogen and oxygen atoms in total. The molecule has 0 aliphatic carbocycles. The summed E-state index contributed by atoms with van der Waals surface area (Å²) in [5.74, 6) is 0.994. The number of rotatable bonds is 4. The van der Waals surface area contributed by atoms with Crippen molar-refractivity contribution in [2.45, 2.75) is 32.7 Å². The predicted molar refractivity (Wildman–Crippen MR) is 81.0 cm³/mol. The Bertz CT molecular complexity index is 438. The van der Waals surface area contributed by atoms with Gasteiger partial charge in [0, 0.05) is 25.2 Å². The zero-order valence-corrected chi connectivity index (χ0v) is 12.7. The molecule has 0 spiro atoms. The lowest BCUT2D eigenvalue weighted by Crippen LogP contribution is -2.42. The average Bonchev–Trinajstić information content (AvgIpc) is 2.72. The number of hydrogen-bond acceptors (Lipinski definition) is 3. The van der Waals surface area contributed by atoms with E-state index in [2.05, 4.69) is 24.1 Å². The minimum Gasteiger partial charge on any atom is -0.494 e. The maximum atomic E-state index is 13.3. The summed E-state index contributed by atoms with van der Waals surface area (Å²) in [6, 6.07) is 5.27. The molecule has 1 saturated heterocycles. The molecule has 1 N–H and O–H groups in total. The van der Waals surface area contributed by atoms with Gasteiger partial charge in [0.15, 0.2) is 0 Å². The Labute approximate surface area is 121 Å². The fraction of sp³-hybridized carbons (Fsp3) is 0.625. The van der Waals surface area contributed by atoms with Gasteiger partial charge in [0.05, 0.1) is 12.8 Å². The van der Waals surface area contributed by atoms with Crippen molar-refractivity contribution in [1.82, 2.24) is 5.32 Å². The van der Waals surface area contributed by atoms with E-state index in [0.717, 1.165) is 38.2 Å². The highest BCUT2D eigenvalue weighted by Gasteiger charge is 2.23. The second kappa shape index (κ2) is 6.93. The van der Waals surface area contributed by atoms with E-state index in [0.29, 0.717) is 17.7 Å². The number of methoxy groups -OCH3 is 1. The zero-order chi connectivity index (χ0) is 14.5. The SMILES string of the molecule is CCC(C)C1CN(c2ccc(F)cc2OC)CCCN1. The van der Waals surface area contributed by atoms with E-state index in [1.54, 1.807) is 7.11 Å². The van der Waals surface area contributed by atoms with Crippen molar-refractivity contribution in [2.24, 2.45) is 5.92 Å². The van der Waals surface area contributed by atoms with Crippen LogP contribution in [0.25, 0.3) is 0 Å². The Balaban J connectivity index is 2.21. The van der Waals surface area contributed by atoms with Crippen LogP contribution in [0.4, 0.5) is 10.1 Å². The van der Waals surface area contributed by atoms with Crippen LogP contribution in [-0.4, -0.2) is 32.8 Å². The maximum absolute atomic E-state index is 13.3. The highest BCUT2D eigenvalue weighted by atomic mass is 19.1. The number of nitrogens with one attached hydrogen (secondary N) is 1. The quantitative estimate of drug-likeness (QED) is 0.917. The van der Waals surface area contributed by atoms with Crippen LogP contribution in [0.5, 0.6) is 5.75 Å². The number of nitrogens with zero attached hydrogens (tertiary/aromatic N) is 1. The molecule has 0 bridgehead atoms. The molecule has 112 valence electrons. The molecular weight excluding hydrogens is 255 g/mol. The largest absolute Gasteiger partial charge is 0.494 e. The van der Waals surface area contributed by atoms with Gasteiger partial charge < -0.3 is 15.0 Å². The Morgan fingerprint density at radius 3 is 3.00 bits per heavy atom. The summed E-state index contributed by atoms with van der Waals surface area (Å²) >= 11 is 0. The van der Waals surface area contributed by atoms with Crippen LogP contribution in [0, 0.1) is 11.7 Å². The van der Waals surface area contributed by atoms with Crippen LogP contribution < -0.4 is 15.0 Å². The number of benzene rings is 1. The fourth-order valence-electron chi connectivity index (χ4n) is 2.75. The van der Waals surface area contributed by atoms with Crippen LogP contribution in [0.2, 0.25) is 0 Å². The fourth-order valence-corrected chi connectivity index (χ4v) is 2.75. The van der Waals surface area contributed by atoms with Gasteiger partial charge in [-0.15, -0.1) is 0 Å². The first kappa shape index (κ1) is 15.1. The van der Waals surface area contributed by atoms with Gasteiger partial charge in [-0.25, -0.2) is 4.39 Å². The topological polar surface area (TPSA) is 24.5 Å². The van der Waals surface area contributed by atoms with Gasteiger partial charge in [-0.2, -0.15) is 0 Å². The number of anilines is 1. The van der Waals surface area contributed by atoms with Crippen molar-refractivity contribution >= 4 is 5.69 Å². The molecule has 0 radical (unpaired) electrons. The molecule has 1 aliphatic rings. The van der Waals surface area contributed by atoms with Crippen molar-refractivity contribution in [3.8, 4) is 5.75 Å². The van der Waals surface area contributed by atoms with Crippen LogP contribution in [0.3, 0.4) is 0 Å². The number of halogens is 1. The van der Waals surface area contributed by atoms with Gasteiger partial charge in [0.2, 0.25) is 0 Å². The van der Waals surface area contributed by atoms with Crippen LogP contribution in [-0.2, 0) is 0 Å². The summed E-state index contributed by atoms with van der Waals surface area (Å²) < 4.78 is 18.7. The smallest absolute Gasteiger partial charge is 0.145 e. The van der Waals surface area contributed by atoms with Gasteiger partial charge in [0.25, 0.3) is 0 Å². The highest BCUT2D eigenvalue weighted by molar-refractivity contribution is 5.58. The van der Waals surface area contributed by atoms with Crippen molar-refractivity contribution < 1.29 is 9.13 Å². The zero-order valence-electron chi connectivity index (χ0n) is 12.7. The third kappa shape index (κ3) is 3.42. The highest BCUT2D eigenvalue weighted by Crippen LogP contribution is 2.30. The van der Waals surface area contributed by atoms with E-state index in [1.165, 1.54) is 12.1 Å². The molecular formula is C16H25FN2O. The molecule has 0 aromatic heterocycles. The first-order valence-corrected chi connectivity index (χ1v) is 7.47. The maximum Gasteiger partial charge on any atom is 0.145 e. The first-order valence-electron chi connectivity index (χ1n) is 7.47. The minimum atomic E-state index is -0.253. The van der Waals surface area contributed by atoms with E-state index in [1.807, 2.05) is 6.07 Å². The van der Waals surface area contributed by atoms with E-state index in [4.69, 9.17) is 4.74 Å². The molecule has 1 aliphatic heterocycles. The number of hydrogen-bond donors (Lipinski definition) is 1. The molecule has 2 rings (SSSR count). The van der Waals surface area contributed by atoms with Crippen molar-refractivity contribution in [2.75, 3.05) is 31.6 Å². The molecule has 1 aromatic rings. The second-order valence-corrected chi connectivity index (χ2v) is 5.56. The van der Waals surface area contributed by atoms with Crippen molar-refractivity contribution in [3.63, 3.8) is 0 Å². The Morgan fingerprint density at radius 2 is 2.30 bits per heavy atom. The summed E-state index contributed by atoms with van der Waals surface area (Å²) in [5.41, 5.74) is 0.992. The Hall–Kier alpha value is -1.29. The molecule has 1 fully saturated rings. The van der Waals surface area contributed by atoms with Crippen LogP contribution >= 0.6 is 0 Å². The predicted octanol–water partition coefficient (Wildman–Crippen LogP) is 3.05. The van der Waals surface area contributed by atoms with Crippen molar-refractivity contribution in [1.29, 1.82) is 0 Å². The van der Waals surface area contributed by atoms with E-state index in [9.17, 15) is 4.39 Å². The molecule has 2 atom stereocenters. The molecule has 4 heteroatoms. The molecule has 20 heavy (non-hydrogen) atoms. The normalized spacial score (nSPS) is 21.4. The average molecular weight is 280 g/mol. The van der Waals surface area contributed by atoms with Gasteiger partial charge >= 0.3 is 0 Å². The van der Waals surface area contributed by atoms with Gasteiger partial charge in [0.1, 0.15) is 11.6 Å². The molecule has 0 amide bonds. The van der Waals surface area contributed by atoms with E-state index in [-0.39, 0.29) is 5.82 Å². The molecule has 1 heterocycles. The van der Waals surface area contributed by atoms with E-state index < -0.39 is 0 Å². The third-order valence-electron chi connectivity index (χ3n) is 4.24. The summed E-state index contributed by atoms with van der Waals surface area (Å²) in [4.78, 5) is 2.31. The first-order chi connectivity index (χ1) is 9.65. The monoisotopic (exact) mass is 280 g/mol. The summed E-state index contributed by atoms with van der Waals surface area (Å²) in [6.07, 6.45) is 2.25. The third-order valence-corrected chi connectivity index (χ3v) is 4.24. The van der Waals surface area contributed by atoms with Crippen molar-refractivity contribution in [3.05, 3.63) is 24.0 Å². The lowest BCUT2D eigenvalue weighted by molar-refractivity contribution is 0.381. The van der Waals surface area contributed by atoms with Gasteiger partial charge in [-0.05, 0) is 31.0 Å².